The van der Waals surface area contributed by atoms with Gasteiger partial charge in [0, 0.05) is 25.7 Å². The standard InChI is InChI=1S/C14H19N5O3/c1-9-6-19(7-11-4-5-13(20-3)17-16-11)8-12(21-9)14-15-10(2)18-22-14/h4-5,9,12H,6-8H2,1-3H3/t9-,12-/m1/s1. The van der Waals surface area contributed by atoms with E-state index in [1.54, 1.807) is 14.0 Å². The van der Waals surface area contributed by atoms with Gasteiger partial charge in [0.15, 0.2) is 5.82 Å². The maximum Gasteiger partial charge on any atom is 0.257 e. The summed E-state index contributed by atoms with van der Waals surface area (Å²) in [6.07, 6.45) is -0.131. The van der Waals surface area contributed by atoms with E-state index in [9.17, 15) is 0 Å². The minimum atomic E-state index is -0.212. The van der Waals surface area contributed by atoms with Crippen LogP contribution in [-0.2, 0) is 11.3 Å². The molecule has 22 heavy (non-hydrogen) atoms. The van der Waals surface area contributed by atoms with E-state index in [0.717, 1.165) is 12.2 Å². The molecule has 1 saturated heterocycles. The van der Waals surface area contributed by atoms with Gasteiger partial charge in [0.2, 0.25) is 5.88 Å². The van der Waals surface area contributed by atoms with Crippen molar-refractivity contribution in [3.63, 3.8) is 0 Å². The van der Waals surface area contributed by atoms with Crippen LogP contribution in [0.2, 0.25) is 0 Å². The number of rotatable bonds is 4. The van der Waals surface area contributed by atoms with Crippen molar-refractivity contribution in [1.29, 1.82) is 0 Å². The van der Waals surface area contributed by atoms with Crippen LogP contribution in [0.1, 0.15) is 30.4 Å². The molecule has 1 aliphatic rings. The first-order chi connectivity index (χ1) is 10.6. The van der Waals surface area contributed by atoms with E-state index in [2.05, 4.69) is 25.2 Å². The van der Waals surface area contributed by atoms with Gasteiger partial charge in [-0.2, -0.15) is 10.1 Å². The summed E-state index contributed by atoms with van der Waals surface area (Å²) in [6.45, 7) is 6.01. The van der Waals surface area contributed by atoms with Crippen molar-refractivity contribution in [2.45, 2.75) is 32.6 Å². The quantitative estimate of drug-likeness (QED) is 0.831. The number of morpholine rings is 1. The Labute approximate surface area is 128 Å². The molecular formula is C14H19N5O3. The average Bonchev–Trinajstić information content (AvgIpc) is 2.94. The highest BCUT2D eigenvalue weighted by Gasteiger charge is 2.30. The van der Waals surface area contributed by atoms with Crippen LogP contribution in [0.25, 0.3) is 0 Å². The Balaban J connectivity index is 1.67. The van der Waals surface area contributed by atoms with Crippen LogP contribution in [0.3, 0.4) is 0 Å². The summed E-state index contributed by atoms with van der Waals surface area (Å²) in [4.78, 5) is 6.50. The van der Waals surface area contributed by atoms with E-state index in [4.69, 9.17) is 14.0 Å². The van der Waals surface area contributed by atoms with Gasteiger partial charge in [0.25, 0.3) is 5.89 Å². The fraction of sp³-hybridized carbons (Fsp3) is 0.571. The second-order valence-corrected chi connectivity index (χ2v) is 5.38. The van der Waals surface area contributed by atoms with Crippen LogP contribution in [0, 0.1) is 6.92 Å². The number of hydrogen-bond donors (Lipinski definition) is 0. The number of aromatic nitrogens is 4. The average molecular weight is 305 g/mol. The Morgan fingerprint density at radius 1 is 1.32 bits per heavy atom. The lowest BCUT2D eigenvalue weighted by Gasteiger charge is -2.34. The Hall–Kier alpha value is -2.06. The molecule has 0 bridgehead atoms. The van der Waals surface area contributed by atoms with Gasteiger partial charge < -0.3 is 14.0 Å². The summed E-state index contributed by atoms with van der Waals surface area (Å²) >= 11 is 0. The lowest BCUT2D eigenvalue weighted by molar-refractivity contribution is -0.0933. The van der Waals surface area contributed by atoms with Crippen LogP contribution < -0.4 is 4.74 Å². The predicted molar refractivity (Wildman–Crippen MR) is 76.2 cm³/mol. The van der Waals surface area contributed by atoms with Gasteiger partial charge in [-0.25, -0.2) is 0 Å². The zero-order valence-electron chi connectivity index (χ0n) is 12.9. The smallest absolute Gasteiger partial charge is 0.257 e. The maximum absolute atomic E-state index is 5.90. The van der Waals surface area contributed by atoms with Crippen molar-refractivity contribution in [3.8, 4) is 5.88 Å². The van der Waals surface area contributed by atoms with Gasteiger partial charge in [-0.3, -0.25) is 4.90 Å². The van der Waals surface area contributed by atoms with Crippen molar-refractivity contribution in [1.82, 2.24) is 25.2 Å². The van der Waals surface area contributed by atoms with E-state index >= 15 is 0 Å². The Bertz CT molecular complexity index is 615. The van der Waals surface area contributed by atoms with Crippen LogP contribution in [0.5, 0.6) is 5.88 Å². The molecule has 3 heterocycles. The highest BCUT2D eigenvalue weighted by Crippen LogP contribution is 2.24. The highest BCUT2D eigenvalue weighted by molar-refractivity contribution is 5.11. The van der Waals surface area contributed by atoms with E-state index in [1.165, 1.54) is 0 Å². The minimum absolute atomic E-state index is 0.0807. The fourth-order valence-corrected chi connectivity index (χ4v) is 2.52. The Morgan fingerprint density at radius 3 is 2.82 bits per heavy atom. The molecule has 0 unspecified atom stereocenters. The first-order valence-electron chi connectivity index (χ1n) is 7.18. The molecule has 2 aromatic rings. The monoisotopic (exact) mass is 305 g/mol. The molecule has 0 spiro atoms. The molecule has 0 saturated carbocycles. The molecule has 0 radical (unpaired) electrons. The second-order valence-electron chi connectivity index (χ2n) is 5.38. The SMILES string of the molecule is COc1ccc(CN2C[C@@H](C)O[C@@H](c3nc(C)no3)C2)nn1. The van der Waals surface area contributed by atoms with Gasteiger partial charge in [-0.05, 0) is 19.9 Å². The third-order valence-electron chi connectivity index (χ3n) is 3.44. The maximum atomic E-state index is 5.90. The van der Waals surface area contributed by atoms with Crippen molar-refractivity contribution >= 4 is 0 Å². The molecule has 2 aromatic heterocycles. The highest BCUT2D eigenvalue weighted by atomic mass is 16.5. The van der Waals surface area contributed by atoms with Gasteiger partial charge in [0.1, 0.15) is 6.10 Å². The molecule has 8 heteroatoms. The summed E-state index contributed by atoms with van der Waals surface area (Å²) in [6, 6.07) is 3.73. The van der Waals surface area contributed by atoms with Crippen molar-refractivity contribution in [3.05, 3.63) is 29.5 Å². The van der Waals surface area contributed by atoms with E-state index in [1.807, 2.05) is 19.1 Å². The molecule has 0 aromatic carbocycles. The van der Waals surface area contributed by atoms with Crippen molar-refractivity contribution in [2.75, 3.05) is 20.2 Å². The van der Waals surface area contributed by atoms with E-state index < -0.39 is 0 Å². The van der Waals surface area contributed by atoms with Gasteiger partial charge >= 0.3 is 0 Å². The number of ether oxygens (including phenoxy) is 2. The molecule has 8 nitrogen and oxygen atoms in total. The second kappa shape index (κ2) is 6.37. The number of aryl methyl sites for hydroxylation is 1. The first kappa shape index (κ1) is 14.9. The number of methoxy groups -OCH3 is 1. The number of hydrogen-bond acceptors (Lipinski definition) is 8. The normalized spacial score (nSPS) is 22.7. The van der Waals surface area contributed by atoms with E-state index in [0.29, 0.717) is 30.7 Å². The molecule has 2 atom stereocenters. The largest absolute Gasteiger partial charge is 0.480 e. The third kappa shape index (κ3) is 3.40. The fourth-order valence-electron chi connectivity index (χ4n) is 2.52. The van der Waals surface area contributed by atoms with Crippen LogP contribution in [-0.4, -0.2) is 51.5 Å². The lowest BCUT2D eigenvalue weighted by atomic mass is 10.2. The topological polar surface area (TPSA) is 86.4 Å². The van der Waals surface area contributed by atoms with Gasteiger partial charge in [-0.15, -0.1) is 5.10 Å². The molecule has 0 aliphatic carbocycles. The molecule has 0 N–H and O–H groups in total. The molecule has 3 rings (SSSR count). The molecular weight excluding hydrogens is 286 g/mol. The zero-order chi connectivity index (χ0) is 15.5. The Kier molecular flexibility index (Phi) is 4.30. The molecule has 1 fully saturated rings. The molecule has 118 valence electrons. The van der Waals surface area contributed by atoms with E-state index in [-0.39, 0.29) is 12.2 Å². The zero-order valence-corrected chi connectivity index (χ0v) is 12.9. The molecule has 1 aliphatic heterocycles. The summed E-state index contributed by atoms with van der Waals surface area (Å²) in [5.74, 6) is 1.65. The summed E-state index contributed by atoms with van der Waals surface area (Å²) < 4.78 is 16.1. The number of nitrogens with zero attached hydrogens (tertiary/aromatic N) is 5. The molecule has 0 amide bonds. The summed E-state index contributed by atoms with van der Waals surface area (Å²) in [5.41, 5.74) is 0.885. The summed E-state index contributed by atoms with van der Waals surface area (Å²) in [7, 11) is 1.57. The minimum Gasteiger partial charge on any atom is -0.480 e. The van der Waals surface area contributed by atoms with Gasteiger partial charge in [0.05, 0.1) is 18.9 Å². The van der Waals surface area contributed by atoms with Crippen LogP contribution in [0.15, 0.2) is 16.7 Å². The Morgan fingerprint density at radius 2 is 2.18 bits per heavy atom. The van der Waals surface area contributed by atoms with Crippen molar-refractivity contribution in [2.24, 2.45) is 0 Å². The third-order valence-corrected chi connectivity index (χ3v) is 3.44. The predicted octanol–water partition coefficient (Wildman–Crippen LogP) is 1.14. The van der Waals surface area contributed by atoms with Gasteiger partial charge in [-0.1, -0.05) is 5.16 Å². The van der Waals surface area contributed by atoms with Crippen LogP contribution in [0.4, 0.5) is 0 Å². The lowest BCUT2D eigenvalue weighted by Crippen LogP contribution is -2.42. The first-order valence-corrected chi connectivity index (χ1v) is 7.18. The summed E-state index contributed by atoms with van der Waals surface area (Å²) in [5, 5.41) is 12.0. The van der Waals surface area contributed by atoms with Crippen LogP contribution >= 0.6 is 0 Å². The van der Waals surface area contributed by atoms with Crippen molar-refractivity contribution < 1.29 is 14.0 Å².